The van der Waals surface area contributed by atoms with Crippen LogP contribution in [0.1, 0.15) is 0 Å². The number of carbonyl (C=O) groups is 1. The van der Waals surface area contributed by atoms with Crippen molar-refractivity contribution in [3.63, 3.8) is 0 Å². The normalized spacial score (nSPS) is 11.1. The molecule has 24 heavy (non-hydrogen) atoms. The lowest BCUT2D eigenvalue weighted by Crippen LogP contribution is -2.34. The third-order valence-corrected chi connectivity index (χ3v) is 5.20. The first-order chi connectivity index (χ1) is 11.2. The first-order valence-corrected chi connectivity index (χ1v) is 8.63. The summed E-state index contributed by atoms with van der Waals surface area (Å²) < 4.78 is 26.4. The number of rotatable bonds is 6. The average molecular weight is 389 g/mol. The molecule has 7 nitrogen and oxygen atoms in total. The van der Waals surface area contributed by atoms with E-state index in [9.17, 15) is 23.3 Å². The molecule has 0 fully saturated rings. The monoisotopic (exact) mass is 388 g/mol. The molecule has 0 heterocycles. The van der Waals surface area contributed by atoms with E-state index < -0.39 is 32.4 Å². The van der Waals surface area contributed by atoms with E-state index in [2.05, 4.69) is 0 Å². The topological polar surface area (TPSA) is 97.6 Å². The molecule has 126 valence electrons. The van der Waals surface area contributed by atoms with E-state index in [-0.39, 0.29) is 15.6 Å². The summed E-state index contributed by atoms with van der Waals surface area (Å²) in [6.07, 6.45) is 0. The molecule has 2 aromatic rings. The van der Waals surface area contributed by atoms with Gasteiger partial charge in [0.2, 0.25) is 5.24 Å². The number of anilines is 1. The Morgan fingerprint density at radius 3 is 2.42 bits per heavy atom. The molecule has 0 amide bonds. The van der Waals surface area contributed by atoms with Crippen LogP contribution >= 0.6 is 23.2 Å². The molecule has 0 saturated carbocycles. The first kappa shape index (κ1) is 18.2. The van der Waals surface area contributed by atoms with Crippen molar-refractivity contribution in [2.75, 3.05) is 10.8 Å². The molecule has 0 aliphatic heterocycles. The summed E-state index contributed by atoms with van der Waals surface area (Å²) in [6, 6.07) is 10.5. The molecule has 2 rings (SSSR count). The highest BCUT2D eigenvalue weighted by Crippen LogP contribution is 2.31. The second-order valence-corrected chi connectivity index (χ2v) is 7.26. The van der Waals surface area contributed by atoms with E-state index in [1.807, 2.05) is 0 Å². The van der Waals surface area contributed by atoms with Crippen LogP contribution in [0.5, 0.6) is 0 Å². The van der Waals surface area contributed by atoms with Crippen LogP contribution in [0.3, 0.4) is 0 Å². The van der Waals surface area contributed by atoms with Crippen molar-refractivity contribution in [3.8, 4) is 0 Å². The number of nitrogens with zero attached hydrogens (tertiary/aromatic N) is 2. The zero-order valence-electron chi connectivity index (χ0n) is 11.9. The van der Waals surface area contributed by atoms with Crippen molar-refractivity contribution in [1.29, 1.82) is 0 Å². The van der Waals surface area contributed by atoms with E-state index in [0.29, 0.717) is 4.31 Å². The molecule has 0 saturated heterocycles. The number of para-hydroxylation sites is 1. The maximum atomic E-state index is 12.8. The molecule has 2 aromatic carbocycles. The minimum Gasteiger partial charge on any atom is -0.279 e. The largest absolute Gasteiger partial charge is 0.279 e. The van der Waals surface area contributed by atoms with Gasteiger partial charge >= 0.3 is 0 Å². The molecular weight excluding hydrogens is 379 g/mol. The van der Waals surface area contributed by atoms with Gasteiger partial charge in [-0.25, -0.2) is 8.42 Å². The van der Waals surface area contributed by atoms with Gasteiger partial charge in [-0.1, -0.05) is 29.8 Å². The molecule has 0 unspecified atom stereocenters. The highest BCUT2D eigenvalue weighted by molar-refractivity contribution is 7.92. The number of non-ortho nitro benzene ring substituents is 1. The van der Waals surface area contributed by atoms with Gasteiger partial charge in [-0.05, 0) is 29.8 Å². The third kappa shape index (κ3) is 3.84. The molecule has 0 bridgehead atoms. The predicted molar refractivity (Wildman–Crippen MR) is 89.9 cm³/mol. The summed E-state index contributed by atoms with van der Waals surface area (Å²) in [6.45, 7) is -0.670. The second kappa shape index (κ2) is 7.16. The number of halogens is 2. The van der Waals surface area contributed by atoms with Crippen molar-refractivity contribution in [1.82, 2.24) is 0 Å². The molecular formula is C14H10Cl2N2O5S. The molecule has 0 N–H and O–H groups in total. The molecule has 0 radical (unpaired) electrons. The summed E-state index contributed by atoms with van der Waals surface area (Å²) >= 11 is 11.4. The molecule has 0 aromatic heterocycles. The number of benzene rings is 2. The number of hydrogen-bond acceptors (Lipinski definition) is 5. The van der Waals surface area contributed by atoms with Crippen LogP contribution in [0.25, 0.3) is 0 Å². The van der Waals surface area contributed by atoms with Gasteiger partial charge in [0.15, 0.2) is 0 Å². The van der Waals surface area contributed by atoms with Crippen molar-refractivity contribution in [2.45, 2.75) is 4.90 Å². The van der Waals surface area contributed by atoms with Crippen LogP contribution in [0.2, 0.25) is 5.02 Å². The third-order valence-electron chi connectivity index (χ3n) is 3.01. The fourth-order valence-corrected chi connectivity index (χ4v) is 3.91. The summed E-state index contributed by atoms with van der Waals surface area (Å²) in [4.78, 5) is 21.1. The van der Waals surface area contributed by atoms with Crippen molar-refractivity contribution < 1.29 is 18.1 Å². The van der Waals surface area contributed by atoms with E-state index >= 15 is 0 Å². The minimum atomic E-state index is -4.29. The second-order valence-electron chi connectivity index (χ2n) is 4.57. The minimum absolute atomic E-state index is 0.0414. The van der Waals surface area contributed by atoms with Gasteiger partial charge in [0, 0.05) is 12.1 Å². The van der Waals surface area contributed by atoms with Crippen molar-refractivity contribution in [3.05, 3.63) is 63.7 Å². The maximum Gasteiger partial charge on any atom is 0.270 e. The van der Waals surface area contributed by atoms with Gasteiger partial charge in [-0.2, -0.15) is 0 Å². The lowest BCUT2D eigenvalue weighted by atomic mass is 10.3. The summed E-state index contributed by atoms with van der Waals surface area (Å²) in [5, 5.41) is 10.0. The number of sulfonamides is 1. The number of nitro groups is 1. The van der Waals surface area contributed by atoms with Gasteiger partial charge < -0.3 is 0 Å². The fourth-order valence-electron chi connectivity index (χ4n) is 1.95. The Bertz CT molecular complexity index is 902. The van der Waals surface area contributed by atoms with Gasteiger partial charge in [0.25, 0.3) is 15.7 Å². The summed E-state index contributed by atoms with van der Waals surface area (Å²) in [5.41, 5.74) is -0.355. The molecule has 0 aliphatic carbocycles. The fraction of sp³-hybridized carbons (Fsp3) is 0.0714. The number of hydrogen-bond donors (Lipinski definition) is 0. The van der Waals surface area contributed by atoms with E-state index in [0.717, 1.165) is 12.1 Å². The van der Waals surface area contributed by atoms with Gasteiger partial charge in [0.1, 0.15) is 6.54 Å². The van der Waals surface area contributed by atoms with Gasteiger partial charge in [-0.15, -0.1) is 0 Å². The Morgan fingerprint density at radius 2 is 1.83 bits per heavy atom. The molecule has 0 atom stereocenters. The van der Waals surface area contributed by atoms with Crippen LogP contribution in [0.15, 0.2) is 53.4 Å². The lowest BCUT2D eigenvalue weighted by Gasteiger charge is -2.23. The lowest BCUT2D eigenvalue weighted by molar-refractivity contribution is -0.385. The smallest absolute Gasteiger partial charge is 0.270 e. The van der Waals surface area contributed by atoms with E-state index in [1.165, 1.54) is 30.3 Å². The zero-order chi connectivity index (χ0) is 17.9. The van der Waals surface area contributed by atoms with Crippen LogP contribution in [0.4, 0.5) is 11.4 Å². The average Bonchev–Trinajstić information content (AvgIpc) is 2.53. The number of carbonyl (C=O) groups excluding carboxylic acids is 1. The van der Waals surface area contributed by atoms with Crippen molar-refractivity contribution in [2.24, 2.45) is 0 Å². The molecule has 0 aliphatic rings. The van der Waals surface area contributed by atoms with Crippen molar-refractivity contribution >= 4 is 49.8 Å². The van der Waals surface area contributed by atoms with E-state index in [4.69, 9.17) is 23.2 Å². The van der Waals surface area contributed by atoms with Gasteiger partial charge in [-0.3, -0.25) is 19.2 Å². The van der Waals surface area contributed by atoms with Crippen LogP contribution in [-0.2, 0) is 14.8 Å². The highest BCUT2D eigenvalue weighted by Gasteiger charge is 2.29. The van der Waals surface area contributed by atoms with Gasteiger partial charge in [0.05, 0.1) is 20.5 Å². The quantitative estimate of drug-likeness (QED) is 0.429. The summed E-state index contributed by atoms with van der Waals surface area (Å²) in [5.74, 6) is 0. The maximum absolute atomic E-state index is 12.8. The molecule has 10 heteroatoms. The van der Waals surface area contributed by atoms with Crippen LogP contribution < -0.4 is 4.31 Å². The zero-order valence-corrected chi connectivity index (χ0v) is 14.3. The first-order valence-electron chi connectivity index (χ1n) is 6.43. The molecule has 0 spiro atoms. The Morgan fingerprint density at radius 1 is 1.17 bits per heavy atom. The standard InChI is InChI=1S/C14H10Cl2N2O5S/c15-12-6-1-2-7-13(12)17(9-14(16)19)24(22,23)11-5-3-4-10(8-11)18(20)21/h1-8H,9H2. The Hall–Kier alpha value is -2.16. The number of nitro benzene ring substituents is 1. The summed E-state index contributed by atoms with van der Waals surface area (Å²) in [7, 11) is -4.29. The predicted octanol–water partition coefficient (Wildman–Crippen LogP) is 3.21. The SMILES string of the molecule is O=C(Cl)CN(c1ccccc1Cl)S(=O)(=O)c1cccc([N+](=O)[O-])c1. The van der Waals surface area contributed by atoms with Crippen LogP contribution in [-0.4, -0.2) is 25.1 Å². The Kier molecular flexibility index (Phi) is 5.43. The highest BCUT2D eigenvalue weighted by atomic mass is 35.5. The van der Waals surface area contributed by atoms with Crippen LogP contribution in [0, 0.1) is 10.1 Å². The Labute approximate surface area is 147 Å². The van der Waals surface area contributed by atoms with E-state index in [1.54, 1.807) is 6.07 Å². The Balaban J connectivity index is 2.60.